The molecule has 1 rings (SSSR count). The number of aliphatic carboxylic acids is 1. The first-order chi connectivity index (χ1) is 6.52. The molecule has 0 saturated carbocycles. The highest BCUT2D eigenvalue weighted by atomic mass is 35.5. The zero-order valence-corrected chi connectivity index (χ0v) is 8.87. The second-order valence-corrected chi connectivity index (χ2v) is 3.86. The number of nitrogens with two attached hydrogens (primary N) is 1. The third-order valence-corrected chi connectivity index (χ3v) is 2.67. The van der Waals surface area contributed by atoms with E-state index in [9.17, 15) is 4.79 Å². The van der Waals surface area contributed by atoms with Crippen LogP contribution in [0.5, 0.6) is 0 Å². The van der Waals surface area contributed by atoms with Crippen molar-refractivity contribution in [2.75, 3.05) is 0 Å². The number of carboxylic acid groups (broad SMARTS) is 1. The van der Waals surface area contributed by atoms with Crippen molar-refractivity contribution in [2.24, 2.45) is 5.73 Å². The van der Waals surface area contributed by atoms with Gasteiger partial charge < -0.3 is 10.8 Å². The summed E-state index contributed by atoms with van der Waals surface area (Å²) in [6, 6.07) is 5.80. The minimum atomic E-state index is -1.08. The lowest BCUT2D eigenvalue weighted by Crippen LogP contribution is -2.34. The SMILES string of the molecule is NC(C(=O)O)C(S)c1cccc(Cl)c1. The van der Waals surface area contributed by atoms with Gasteiger partial charge in [0.05, 0.1) is 5.25 Å². The molecule has 3 nitrogen and oxygen atoms in total. The summed E-state index contributed by atoms with van der Waals surface area (Å²) >= 11 is 9.89. The largest absolute Gasteiger partial charge is 0.480 e. The fourth-order valence-electron chi connectivity index (χ4n) is 1.03. The molecule has 76 valence electrons. The van der Waals surface area contributed by atoms with Crippen molar-refractivity contribution in [2.45, 2.75) is 11.3 Å². The molecule has 0 aromatic heterocycles. The predicted octanol–water partition coefficient (Wildman–Crippen LogP) is 1.72. The van der Waals surface area contributed by atoms with Crippen LogP contribution in [-0.4, -0.2) is 17.1 Å². The van der Waals surface area contributed by atoms with Crippen LogP contribution < -0.4 is 5.73 Å². The van der Waals surface area contributed by atoms with Crippen LogP contribution >= 0.6 is 24.2 Å². The molecule has 0 radical (unpaired) electrons. The van der Waals surface area contributed by atoms with Gasteiger partial charge in [0, 0.05) is 5.02 Å². The molecule has 0 aliphatic carbocycles. The number of rotatable bonds is 3. The van der Waals surface area contributed by atoms with E-state index in [0.717, 1.165) is 0 Å². The first-order valence-electron chi connectivity index (χ1n) is 3.94. The number of thiol groups is 1. The van der Waals surface area contributed by atoms with E-state index >= 15 is 0 Å². The summed E-state index contributed by atoms with van der Waals surface area (Å²) in [5.74, 6) is -1.08. The van der Waals surface area contributed by atoms with Gasteiger partial charge in [0.15, 0.2) is 0 Å². The summed E-state index contributed by atoms with van der Waals surface area (Å²) < 4.78 is 0. The Bertz CT molecular complexity index is 345. The Morgan fingerprint density at radius 2 is 2.21 bits per heavy atom. The van der Waals surface area contributed by atoms with Crippen LogP contribution in [0.2, 0.25) is 5.02 Å². The maximum absolute atomic E-state index is 10.6. The highest BCUT2D eigenvalue weighted by Crippen LogP contribution is 2.25. The third-order valence-electron chi connectivity index (χ3n) is 1.82. The number of carboxylic acids is 1. The predicted molar refractivity (Wildman–Crippen MR) is 58.8 cm³/mol. The smallest absolute Gasteiger partial charge is 0.321 e. The molecule has 0 spiro atoms. The molecule has 3 N–H and O–H groups in total. The van der Waals surface area contributed by atoms with Gasteiger partial charge in [-0.15, -0.1) is 0 Å². The molecule has 0 bridgehead atoms. The van der Waals surface area contributed by atoms with Crippen molar-refractivity contribution in [3.8, 4) is 0 Å². The second kappa shape index (κ2) is 4.68. The van der Waals surface area contributed by atoms with E-state index in [2.05, 4.69) is 12.6 Å². The Balaban J connectivity index is 2.89. The zero-order valence-electron chi connectivity index (χ0n) is 7.22. The van der Waals surface area contributed by atoms with Gasteiger partial charge in [-0.3, -0.25) is 4.79 Å². The Hall–Kier alpha value is -0.710. The molecular weight excluding hydrogens is 222 g/mol. The molecule has 5 heteroatoms. The fraction of sp³-hybridized carbons (Fsp3) is 0.222. The monoisotopic (exact) mass is 231 g/mol. The quantitative estimate of drug-likeness (QED) is 0.695. The summed E-state index contributed by atoms with van der Waals surface area (Å²) in [6.07, 6.45) is 0. The van der Waals surface area contributed by atoms with E-state index in [4.69, 9.17) is 22.4 Å². The molecule has 1 aromatic carbocycles. The summed E-state index contributed by atoms with van der Waals surface area (Å²) in [6.45, 7) is 0. The van der Waals surface area contributed by atoms with E-state index in [1.807, 2.05) is 0 Å². The lowest BCUT2D eigenvalue weighted by Gasteiger charge is -2.15. The molecule has 2 atom stereocenters. The normalized spacial score (nSPS) is 14.8. The van der Waals surface area contributed by atoms with Crippen LogP contribution in [0.15, 0.2) is 24.3 Å². The summed E-state index contributed by atoms with van der Waals surface area (Å²) in [5.41, 5.74) is 6.13. The highest BCUT2D eigenvalue weighted by Gasteiger charge is 2.22. The van der Waals surface area contributed by atoms with Crippen molar-refractivity contribution in [1.82, 2.24) is 0 Å². The van der Waals surface area contributed by atoms with Gasteiger partial charge in [0.1, 0.15) is 6.04 Å². The molecule has 0 amide bonds. The lowest BCUT2D eigenvalue weighted by molar-refractivity contribution is -0.138. The van der Waals surface area contributed by atoms with E-state index in [1.165, 1.54) is 0 Å². The average Bonchev–Trinajstić information content (AvgIpc) is 2.15. The molecule has 1 aromatic rings. The molecule has 0 fully saturated rings. The van der Waals surface area contributed by atoms with Gasteiger partial charge in [-0.05, 0) is 17.7 Å². The summed E-state index contributed by atoms with van der Waals surface area (Å²) in [4.78, 5) is 10.6. The second-order valence-electron chi connectivity index (χ2n) is 2.86. The van der Waals surface area contributed by atoms with Gasteiger partial charge in [0.2, 0.25) is 0 Å². The summed E-state index contributed by atoms with van der Waals surface area (Å²) in [7, 11) is 0. The minimum Gasteiger partial charge on any atom is -0.480 e. The molecule has 2 unspecified atom stereocenters. The van der Waals surface area contributed by atoms with Crippen LogP contribution in [0.25, 0.3) is 0 Å². The topological polar surface area (TPSA) is 63.3 Å². The van der Waals surface area contributed by atoms with Crippen molar-refractivity contribution < 1.29 is 9.90 Å². The van der Waals surface area contributed by atoms with E-state index in [-0.39, 0.29) is 0 Å². The number of hydrogen-bond acceptors (Lipinski definition) is 3. The summed E-state index contributed by atoms with van der Waals surface area (Å²) in [5, 5.41) is 8.67. The van der Waals surface area contributed by atoms with Crippen molar-refractivity contribution in [3.05, 3.63) is 34.9 Å². The van der Waals surface area contributed by atoms with Crippen molar-refractivity contribution >= 4 is 30.2 Å². The van der Waals surface area contributed by atoms with Gasteiger partial charge in [-0.1, -0.05) is 23.7 Å². The third kappa shape index (κ3) is 2.64. The first-order valence-corrected chi connectivity index (χ1v) is 4.83. The number of benzene rings is 1. The van der Waals surface area contributed by atoms with Crippen molar-refractivity contribution in [1.29, 1.82) is 0 Å². The van der Waals surface area contributed by atoms with Gasteiger partial charge in [-0.25, -0.2) is 0 Å². The van der Waals surface area contributed by atoms with E-state index < -0.39 is 17.3 Å². The molecule has 0 saturated heterocycles. The maximum atomic E-state index is 10.6. The standard InChI is InChI=1S/C9H10ClNO2S/c10-6-3-1-2-5(4-6)8(14)7(11)9(12)13/h1-4,7-8,14H,11H2,(H,12,13). The van der Waals surface area contributed by atoms with Crippen LogP contribution in [0, 0.1) is 0 Å². The van der Waals surface area contributed by atoms with Gasteiger partial charge in [-0.2, -0.15) is 12.6 Å². The Morgan fingerprint density at radius 1 is 1.57 bits per heavy atom. The van der Waals surface area contributed by atoms with Crippen LogP contribution in [-0.2, 0) is 4.79 Å². The fourth-order valence-corrected chi connectivity index (χ4v) is 1.52. The molecule has 0 aliphatic rings. The van der Waals surface area contributed by atoms with E-state index in [1.54, 1.807) is 24.3 Å². The lowest BCUT2D eigenvalue weighted by atomic mass is 10.1. The Morgan fingerprint density at radius 3 is 2.71 bits per heavy atom. The molecular formula is C9H10ClNO2S. The zero-order chi connectivity index (χ0) is 10.7. The molecule has 0 aliphatic heterocycles. The Labute approximate surface area is 92.3 Å². The van der Waals surface area contributed by atoms with Crippen molar-refractivity contribution in [3.63, 3.8) is 0 Å². The Kier molecular flexibility index (Phi) is 3.80. The van der Waals surface area contributed by atoms with Gasteiger partial charge in [0.25, 0.3) is 0 Å². The maximum Gasteiger partial charge on any atom is 0.321 e. The van der Waals surface area contributed by atoms with Crippen LogP contribution in [0.1, 0.15) is 10.8 Å². The number of carbonyl (C=O) groups is 1. The average molecular weight is 232 g/mol. The van der Waals surface area contributed by atoms with E-state index in [0.29, 0.717) is 10.6 Å². The number of halogens is 1. The molecule has 0 heterocycles. The number of hydrogen-bond donors (Lipinski definition) is 3. The first kappa shape index (κ1) is 11.4. The van der Waals surface area contributed by atoms with Crippen LogP contribution in [0.3, 0.4) is 0 Å². The van der Waals surface area contributed by atoms with Gasteiger partial charge >= 0.3 is 5.97 Å². The minimum absolute atomic E-state index is 0.541. The van der Waals surface area contributed by atoms with Crippen LogP contribution in [0.4, 0.5) is 0 Å². The highest BCUT2D eigenvalue weighted by molar-refractivity contribution is 7.80. The molecule has 14 heavy (non-hydrogen) atoms.